The molecule has 2 aromatic rings. The molecule has 5 heteroatoms. The molecular weight excluding hydrogens is 300 g/mol. The zero-order valence-corrected chi connectivity index (χ0v) is 14.1. The molecule has 2 heterocycles. The van der Waals surface area contributed by atoms with Gasteiger partial charge in [-0.25, -0.2) is 0 Å². The van der Waals surface area contributed by atoms with Gasteiger partial charge >= 0.3 is 0 Å². The van der Waals surface area contributed by atoms with Crippen LogP contribution in [-0.2, 0) is 11.3 Å². The summed E-state index contributed by atoms with van der Waals surface area (Å²) in [5.74, 6) is 2.49. The molecule has 1 amide bonds. The third-order valence-electron chi connectivity index (χ3n) is 5.49. The molecular formula is C19H24N4O. The quantitative estimate of drug-likeness (QED) is 0.869. The summed E-state index contributed by atoms with van der Waals surface area (Å²) in [6.45, 7) is 4.71. The normalized spacial score (nSPS) is 24.1. The fourth-order valence-electron chi connectivity index (χ4n) is 3.95. The number of piperidine rings is 1. The Morgan fingerprint density at radius 1 is 1.21 bits per heavy atom. The molecule has 2 aliphatic rings. The molecule has 4 rings (SSSR count). The maximum absolute atomic E-state index is 12.8. The first-order chi connectivity index (χ1) is 11.8. The lowest BCUT2D eigenvalue weighted by Gasteiger charge is -2.32. The van der Waals surface area contributed by atoms with Crippen molar-refractivity contribution in [3.63, 3.8) is 0 Å². The topological polar surface area (TPSA) is 51.0 Å². The van der Waals surface area contributed by atoms with E-state index in [9.17, 15) is 4.79 Å². The number of benzene rings is 1. The van der Waals surface area contributed by atoms with E-state index >= 15 is 0 Å². The minimum atomic E-state index is 0.197. The Balaban J connectivity index is 1.34. The van der Waals surface area contributed by atoms with Gasteiger partial charge in [0.25, 0.3) is 0 Å². The molecule has 1 saturated heterocycles. The number of amides is 1. The highest BCUT2D eigenvalue weighted by Gasteiger charge is 2.46. The van der Waals surface area contributed by atoms with Crippen molar-refractivity contribution < 1.29 is 4.79 Å². The number of rotatable bonds is 4. The lowest BCUT2D eigenvalue weighted by atomic mass is 9.95. The van der Waals surface area contributed by atoms with Gasteiger partial charge in [0.2, 0.25) is 5.91 Å². The first-order valence-electron chi connectivity index (χ1n) is 8.99. The summed E-state index contributed by atoms with van der Waals surface area (Å²) in [5.41, 5.74) is 1.31. The van der Waals surface area contributed by atoms with E-state index in [-0.39, 0.29) is 5.92 Å². The van der Waals surface area contributed by atoms with Crippen LogP contribution in [0.15, 0.2) is 36.7 Å². The zero-order valence-electron chi connectivity index (χ0n) is 14.1. The number of carbonyl (C=O) groups excluding carboxylic acids is 1. The van der Waals surface area contributed by atoms with Crippen molar-refractivity contribution in [1.29, 1.82) is 0 Å². The van der Waals surface area contributed by atoms with E-state index in [4.69, 9.17) is 0 Å². The van der Waals surface area contributed by atoms with E-state index in [0.717, 1.165) is 44.7 Å². The Morgan fingerprint density at radius 2 is 1.96 bits per heavy atom. The van der Waals surface area contributed by atoms with Crippen LogP contribution in [0.1, 0.15) is 49.4 Å². The van der Waals surface area contributed by atoms with Crippen LogP contribution in [0.2, 0.25) is 0 Å². The van der Waals surface area contributed by atoms with Gasteiger partial charge < -0.3 is 9.47 Å². The van der Waals surface area contributed by atoms with Gasteiger partial charge in [-0.05, 0) is 37.7 Å². The van der Waals surface area contributed by atoms with Crippen LogP contribution in [0.25, 0.3) is 0 Å². The zero-order chi connectivity index (χ0) is 16.5. The van der Waals surface area contributed by atoms with E-state index in [0.29, 0.717) is 17.7 Å². The van der Waals surface area contributed by atoms with E-state index in [2.05, 4.69) is 50.9 Å². The molecule has 2 fully saturated rings. The van der Waals surface area contributed by atoms with Crippen LogP contribution < -0.4 is 0 Å². The smallest absolute Gasteiger partial charge is 0.226 e. The van der Waals surface area contributed by atoms with Gasteiger partial charge in [-0.2, -0.15) is 0 Å². The molecule has 0 unspecified atom stereocenters. The molecule has 0 bridgehead atoms. The van der Waals surface area contributed by atoms with Gasteiger partial charge in [0.1, 0.15) is 12.2 Å². The Morgan fingerprint density at radius 3 is 2.67 bits per heavy atom. The van der Waals surface area contributed by atoms with E-state index < -0.39 is 0 Å². The fourth-order valence-corrected chi connectivity index (χ4v) is 3.95. The summed E-state index contributed by atoms with van der Waals surface area (Å²) in [4.78, 5) is 14.8. The molecule has 1 aliphatic heterocycles. The molecule has 0 spiro atoms. The Hall–Kier alpha value is -2.17. The van der Waals surface area contributed by atoms with Gasteiger partial charge in [-0.3, -0.25) is 4.79 Å². The number of aryl methyl sites for hydroxylation is 1. The Kier molecular flexibility index (Phi) is 4.08. The third kappa shape index (κ3) is 2.83. The minimum absolute atomic E-state index is 0.197. The van der Waals surface area contributed by atoms with Crippen LogP contribution >= 0.6 is 0 Å². The van der Waals surface area contributed by atoms with Gasteiger partial charge in [0, 0.05) is 31.5 Å². The van der Waals surface area contributed by atoms with Gasteiger partial charge in [-0.15, -0.1) is 10.2 Å². The van der Waals surface area contributed by atoms with E-state index in [1.54, 1.807) is 0 Å². The van der Waals surface area contributed by atoms with Crippen LogP contribution in [0.3, 0.4) is 0 Å². The molecule has 2 atom stereocenters. The van der Waals surface area contributed by atoms with Gasteiger partial charge in [0.15, 0.2) is 0 Å². The largest absolute Gasteiger partial charge is 0.342 e. The highest BCUT2D eigenvalue weighted by Crippen LogP contribution is 2.48. The van der Waals surface area contributed by atoms with Gasteiger partial charge in [0.05, 0.1) is 0 Å². The second kappa shape index (κ2) is 6.38. The molecule has 1 saturated carbocycles. The molecule has 0 radical (unpaired) electrons. The first kappa shape index (κ1) is 15.4. The first-order valence-corrected chi connectivity index (χ1v) is 8.99. The van der Waals surface area contributed by atoms with E-state index in [1.807, 2.05) is 12.4 Å². The number of carbonyl (C=O) groups is 1. The monoisotopic (exact) mass is 324 g/mol. The summed E-state index contributed by atoms with van der Waals surface area (Å²) in [5, 5.41) is 8.33. The molecule has 24 heavy (non-hydrogen) atoms. The Labute approximate surface area is 142 Å². The second-order valence-corrected chi connectivity index (χ2v) is 6.93. The van der Waals surface area contributed by atoms with Crippen LogP contribution in [-0.4, -0.2) is 38.7 Å². The summed E-state index contributed by atoms with van der Waals surface area (Å²) in [7, 11) is 0. The van der Waals surface area contributed by atoms with Crippen molar-refractivity contribution in [2.75, 3.05) is 13.1 Å². The second-order valence-electron chi connectivity index (χ2n) is 6.93. The van der Waals surface area contributed by atoms with Crippen molar-refractivity contribution in [3.8, 4) is 0 Å². The molecule has 5 nitrogen and oxygen atoms in total. The molecule has 1 aliphatic carbocycles. The summed E-state index contributed by atoms with van der Waals surface area (Å²) >= 11 is 0. The minimum Gasteiger partial charge on any atom is -0.342 e. The lowest BCUT2D eigenvalue weighted by molar-refractivity contribution is -0.133. The highest BCUT2D eigenvalue weighted by molar-refractivity contribution is 5.83. The number of aromatic nitrogens is 3. The fraction of sp³-hybridized carbons (Fsp3) is 0.526. The average molecular weight is 324 g/mol. The summed E-state index contributed by atoms with van der Waals surface area (Å²) in [6, 6.07) is 10.4. The van der Waals surface area contributed by atoms with Crippen molar-refractivity contribution in [2.24, 2.45) is 5.92 Å². The third-order valence-corrected chi connectivity index (χ3v) is 5.49. The number of nitrogens with zero attached hydrogens (tertiary/aromatic N) is 4. The lowest BCUT2D eigenvalue weighted by Crippen LogP contribution is -2.39. The van der Waals surface area contributed by atoms with Crippen LogP contribution in [0.4, 0.5) is 0 Å². The van der Waals surface area contributed by atoms with E-state index in [1.165, 1.54) is 5.56 Å². The molecule has 1 aromatic heterocycles. The van der Waals surface area contributed by atoms with Crippen molar-refractivity contribution >= 4 is 5.91 Å². The standard InChI is InChI=1S/C19H24N4O/c1-2-22-13-20-21-18(22)15-8-10-23(11-9-15)19(24)17-12-16(17)14-6-4-3-5-7-14/h3-7,13,15-17H,2,8-12H2,1H3/t16-,17+/m1/s1. The van der Waals surface area contributed by atoms with Crippen LogP contribution in [0, 0.1) is 5.92 Å². The number of likely N-dealkylation sites (tertiary alicyclic amines) is 1. The van der Waals surface area contributed by atoms with Crippen molar-refractivity contribution in [3.05, 3.63) is 48.0 Å². The number of hydrogen-bond acceptors (Lipinski definition) is 3. The van der Waals surface area contributed by atoms with Crippen molar-refractivity contribution in [2.45, 2.75) is 44.6 Å². The number of hydrogen-bond donors (Lipinski definition) is 0. The predicted molar refractivity (Wildman–Crippen MR) is 91.5 cm³/mol. The molecule has 126 valence electrons. The highest BCUT2D eigenvalue weighted by atomic mass is 16.2. The SMILES string of the molecule is CCn1cnnc1C1CCN(C(=O)[C@H]2C[C@@H]2c2ccccc2)CC1. The Bertz CT molecular complexity index is 703. The average Bonchev–Trinajstić information content (AvgIpc) is 3.31. The molecule has 0 N–H and O–H groups in total. The summed E-state index contributed by atoms with van der Waals surface area (Å²) < 4.78 is 2.12. The maximum Gasteiger partial charge on any atom is 0.226 e. The predicted octanol–water partition coefficient (Wildman–Crippen LogP) is 2.81. The van der Waals surface area contributed by atoms with Crippen molar-refractivity contribution in [1.82, 2.24) is 19.7 Å². The maximum atomic E-state index is 12.8. The van der Waals surface area contributed by atoms with Gasteiger partial charge in [-0.1, -0.05) is 30.3 Å². The molecule has 1 aromatic carbocycles. The van der Waals surface area contributed by atoms with Crippen LogP contribution in [0.5, 0.6) is 0 Å². The summed E-state index contributed by atoms with van der Waals surface area (Å²) in [6.07, 6.45) is 4.80.